The van der Waals surface area contributed by atoms with E-state index in [1.54, 1.807) is 0 Å². The molecule has 2 N–H and O–H groups in total. The van der Waals surface area contributed by atoms with Gasteiger partial charge in [0, 0.05) is 18.6 Å². The van der Waals surface area contributed by atoms with Crippen molar-refractivity contribution in [2.45, 2.75) is 71.8 Å². The van der Waals surface area contributed by atoms with Crippen molar-refractivity contribution < 1.29 is 0 Å². The number of hydrogen-bond donors (Lipinski definition) is 1. The molecule has 2 heteroatoms. The van der Waals surface area contributed by atoms with Crippen molar-refractivity contribution in [2.75, 3.05) is 19.6 Å². The van der Waals surface area contributed by atoms with Crippen LogP contribution in [-0.2, 0) is 0 Å². The lowest BCUT2D eigenvalue weighted by Gasteiger charge is -2.41. The van der Waals surface area contributed by atoms with Gasteiger partial charge in [-0.05, 0) is 55.9 Å². The van der Waals surface area contributed by atoms with Crippen LogP contribution in [0.1, 0.15) is 66.2 Å². The highest BCUT2D eigenvalue weighted by Gasteiger charge is 2.42. The first-order valence-corrected chi connectivity index (χ1v) is 8.34. The molecule has 0 spiro atoms. The average Bonchev–Trinajstić information content (AvgIpc) is 2.78. The largest absolute Gasteiger partial charge is 0.329 e. The molecule has 1 aliphatic carbocycles. The minimum Gasteiger partial charge on any atom is -0.329 e. The van der Waals surface area contributed by atoms with Crippen LogP contribution >= 0.6 is 0 Å². The molecule has 0 aromatic carbocycles. The van der Waals surface area contributed by atoms with E-state index in [0.29, 0.717) is 11.0 Å². The second kappa shape index (κ2) is 5.73. The molecule has 112 valence electrons. The molecule has 1 saturated carbocycles. The van der Waals surface area contributed by atoms with Crippen molar-refractivity contribution >= 4 is 0 Å². The third-order valence-electron chi connectivity index (χ3n) is 5.98. The van der Waals surface area contributed by atoms with E-state index in [1.807, 2.05) is 0 Å². The molecular weight excluding hydrogens is 232 g/mol. The molecule has 19 heavy (non-hydrogen) atoms. The topological polar surface area (TPSA) is 29.3 Å². The maximum absolute atomic E-state index is 6.26. The van der Waals surface area contributed by atoms with Crippen LogP contribution in [-0.4, -0.2) is 30.1 Å². The summed E-state index contributed by atoms with van der Waals surface area (Å²) in [6.45, 7) is 13.0. The van der Waals surface area contributed by atoms with Gasteiger partial charge in [-0.25, -0.2) is 0 Å². The van der Waals surface area contributed by atoms with Crippen molar-refractivity contribution in [3.8, 4) is 0 Å². The zero-order valence-electron chi connectivity index (χ0n) is 13.5. The van der Waals surface area contributed by atoms with Crippen molar-refractivity contribution in [1.29, 1.82) is 0 Å². The Labute approximate surface area is 120 Å². The van der Waals surface area contributed by atoms with E-state index in [9.17, 15) is 0 Å². The lowest BCUT2D eigenvalue weighted by Crippen LogP contribution is -2.52. The Morgan fingerprint density at radius 3 is 2.47 bits per heavy atom. The summed E-state index contributed by atoms with van der Waals surface area (Å²) >= 11 is 0. The molecular formula is C17H34N2. The molecule has 1 heterocycles. The molecule has 2 fully saturated rings. The normalized spacial score (nSPS) is 36.6. The van der Waals surface area contributed by atoms with Gasteiger partial charge < -0.3 is 5.73 Å². The van der Waals surface area contributed by atoms with Crippen LogP contribution in [0.25, 0.3) is 0 Å². The Kier molecular flexibility index (Phi) is 4.62. The van der Waals surface area contributed by atoms with Crippen molar-refractivity contribution in [3.05, 3.63) is 0 Å². The highest BCUT2D eigenvalue weighted by molar-refractivity contribution is 4.98. The minimum absolute atomic E-state index is 0.317. The third-order valence-corrected chi connectivity index (χ3v) is 5.98. The summed E-state index contributed by atoms with van der Waals surface area (Å²) in [6.07, 6.45) is 8.07. The molecule has 2 atom stereocenters. The maximum atomic E-state index is 6.26. The van der Waals surface area contributed by atoms with Gasteiger partial charge in [-0.15, -0.1) is 0 Å². The van der Waals surface area contributed by atoms with Crippen LogP contribution in [0.5, 0.6) is 0 Å². The molecule has 0 bridgehead atoms. The summed E-state index contributed by atoms with van der Waals surface area (Å²) in [5.41, 5.74) is 7.09. The Hall–Kier alpha value is -0.0800. The Morgan fingerprint density at radius 1 is 1.16 bits per heavy atom. The van der Waals surface area contributed by atoms with Gasteiger partial charge in [-0.2, -0.15) is 0 Å². The van der Waals surface area contributed by atoms with Crippen LogP contribution in [0.2, 0.25) is 0 Å². The van der Waals surface area contributed by atoms with Gasteiger partial charge >= 0.3 is 0 Å². The number of rotatable bonds is 3. The van der Waals surface area contributed by atoms with Crippen LogP contribution in [0.3, 0.4) is 0 Å². The molecule has 2 unspecified atom stereocenters. The highest BCUT2D eigenvalue weighted by Crippen LogP contribution is 2.42. The molecule has 2 rings (SSSR count). The van der Waals surface area contributed by atoms with E-state index in [0.717, 1.165) is 18.4 Å². The van der Waals surface area contributed by atoms with Crippen LogP contribution < -0.4 is 5.73 Å². The highest BCUT2D eigenvalue weighted by atomic mass is 15.2. The summed E-state index contributed by atoms with van der Waals surface area (Å²) < 4.78 is 0. The van der Waals surface area contributed by atoms with E-state index in [2.05, 4.69) is 32.6 Å². The minimum atomic E-state index is 0.317. The van der Waals surface area contributed by atoms with Crippen molar-refractivity contribution in [3.63, 3.8) is 0 Å². The van der Waals surface area contributed by atoms with E-state index in [-0.39, 0.29) is 0 Å². The monoisotopic (exact) mass is 266 g/mol. The van der Waals surface area contributed by atoms with Gasteiger partial charge in [0.15, 0.2) is 0 Å². The number of likely N-dealkylation sites (tertiary alicyclic amines) is 1. The van der Waals surface area contributed by atoms with Gasteiger partial charge in [-0.3, -0.25) is 4.90 Å². The van der Waals surface area contributed by atoms with Crippen molar-refractivity contribution in [2.24, 2.45) is 23.0 Å². The van der Waals surface area contributed by atoms with Crippen LogP contribution in [0, 0.1) is 17.3 Å². The third kappa shape index (κ3) is 3.33. The molecule has 2 nitrogen and oxygen atoms in total. The number of nitrogens with two attached hydrogens (primary N) is 1. The fraction of sp³-hybridized carbons (Fsp3) is 1.00. The SMILES string of the molecule is CC(C)C1CCN(C2(CN)CCCC(C)(C)CC2)C1. The second-order valence-electron chi connectivity index (χ2n) is 8.19. The summed E-state index contributed by atoms with van der Waals surface area (Å²) in [5, 5.41) is 0. The fourth-order valence-electron chi connectivity index (χ4n) is 4.13. The maximum Gasteiger partial charge on any atom is 0.0332 e. The summed E-state index contributed by atoms with van der Waals surface area (Å²) in [7, 11) is 0. The molecule has 1 aliphatic heterocycles. The first-order valence-electron chi connectivity index (χ1n) is 8.34. The zero-order valence-corrected chi connectivity index (χ0v) is 13.5. The van der Waals surface area contributed by atoms with E-state index in [1.165, 1.54) is 51.6 Å². The van der Waals surface area contributed by atoms with Gasteiger partial charge in [-0.1, -0.05) is 34.1 Å². The average molecular weight is 266 g/mol. The quantitative estimate of drug-likeness (QED) is 0.790. The second-order valence-corrected chi connectivity index (χ2v) is 8.19. The number of nitrogens with zero attached hydrogens (tertiary/aromatic N) is 1. The predicted octanol–water partition coefficient (Wildman–Crippen LogP) is 3.65. The molecule has 0 radical (unpaired) electrons. The number of hydrogen-bond acceptors (Lipinski definition) is 2. The van der Waals surface area contributed by atoms with E-state index >= 15 is 0 Å². The lowest BCUT2D eigenvalue weighted by molar-refractivity contribution is 0.0946. The van der Waals surface area contributed by atoms with Gasteiger partial charge in [0.2, 0.25) is 0 Å². The van der Waals surface area contributed by atoms with Crippen molar-refractivity contribution in [1.82, 2.24) is 4.90 Å². The van der Waals surface area contributed by atoms with E-state index in [4.69, 9.17) is 5.73 Å². The molecule has 0 amide bonds. The molecule has 0 aromatic heterocycles. The Morgan fingerprint density at radius 2 is 1.89 bits per heavy atom. The van der Waals surface area contributed by atoms with Crippen LogP contribution in [0.15, 0.2) is 0 Å². The fourth-order valence-corrected chi connectivity index (χ4v) is 4.13. The molecule has 2 aliphatic rings. The predicted molar refractivity (Wildman–Crippen MR) is 83.2 cm³/mol. The molecule has 0 aromatic rings. The molecule has 1 saturated heterocycles. The smallest absolute Gasteiger partial charge is 0.0332 e. The van der Waals surface area contributed by atoms with E-state index < -0.39 is 0 Å². The first-order chi connectivity index (χ1) is 8.88. The Bertz CT molecular complexity index is 298. The first kappa shape index (κ1) is 15.3. The summed E-state index contributed by atoms with van der Waals surface area (Å²) in [4.78, 5) is 2.76. The van der Waals surface area contributed by atoms with Gasteiger partial charge in [0.25, 0.3) is 0 Å². The standard InChI is InChI=1S/C17H34N2/c1-14(2)15-6-11-19(12-15)17(13-18)8-5-7-16(3,4)9-10-17/h14-15H,5-13,18H2,1-4H3. The van der Waals surface area contributed by atoms with Crippen LogP contribution in [0.4, 0.5) is 0 Å². The summed E-state index contributed by atoms with van der Waals surface area (Å²) in [6, 6.07) is 0. The van der Waals surface area contributed by atoms with Gasteiger partial charge in [0.1, 0.15) is 0 Å². The Balaban J connectivity index is 2.06. The zero-order chi connectivity index (χ0) is 14.1. The van der Waals surface area contributed by atoms with Gasteiger partial charge in [0.05, 0.1) is 0 Å². The summed E-state index contributed by atoms with van der Waals surface area (Å²) in [5.74, 6) is 1.71. The lowest BCUT2D eigenvalue weighted by atomic mass is 9.83.